The van der Waals surface area contributed by atoms with E-state index in [-0.39, 0.29) is 5.91 Å². The molecule has 0 saturated carbocycles. The fourth-order valence-electron chi connectivity index (χ4n) is 2.48. The number of rotatable bonds is 5. The van der Waals surface area contributed by atoms with Crippen LogP contribution in [0, 0.1) is 0 Å². The van der Waals surface area contributed by atoms with Crippen LogP contribution < -0.4 is 10.2 Å². The second kappa shape index (κ2) is 8.21. The first kappa shape index (κ1) is 18.2. The Kier molecular flexibility index (Phi) is 5.76. The van der Waals surface area contributed by atoms with Gasteiger partial charge in [0.15, 0.2) is 0 Å². The van der Waals surface area contributed by atoms with Gasteiger partial charge in [0.1, 0.15) is 5.69 Å². The highest BCUT2D eigenvalue weighted by molar-refractivity contribution is 6.44. The van der Waals surface area contributed by atoms with Crippen LogP contribution >= 0.6 is 23.2 Å². The van der Waals surface area contributed by atoms with Gasteiger partial charge >= 0.3 is 0 Å². The van der Waals surface area contributed by atoms with E-state index in [0.29, 0.717) is 21.4 Å². The van der Waals surface area contributed by atoms with E-state index in [1.54, 1.807) is 30.5 Å². The summed E-state index contributed by atoms with van der Waals surface area (Å²) in [6.07, 6.45) is 1.68. The molecule has 0 aliphatic rings. The molecular weight excluding hydrogens is 369 g/mol. The van der Waals surface area contributed by atoms with E-state index in [9.17, 15) is 4.79 Å². The second-order valence-corrected chi connectivity index (χ2v) is 6.58. The zero-order valence-electron chi connectivity index (χ0n) is 14.1. The number of aromatic nitrogens is 1. The number of halogens is 2. The lowest BCUT2D eigenvalue weighted by molar-refractivity contribution is 0.102. The number of anilines is 2. The van der Waals surface area contributed by atoms with Gasteiger partial charge in [0, 0.05) is 13.6 Å². The zero-order chi connectivity index (χ0) is 18.5. The van der Waals surface area contributed by atoms with Crippen molar-refractivity contribution in [1.29, 1.82) is 0 Å². The summed E-state index contributed by atoms with van der Waals surface area (Å²) in [4.78, 5) is 18.7. The number of benzene rings is 2. The Balaban J connectivity index is 1.68. The average Bonchev–Trinajstić information content (AvgIpc) is 2.66. The first-order chi connectivity index (χ1) is 12.5. The predicted octanol–water partition coefficient (Wildman–Crippen LogP) is 5.28. The van der Waals surface area contributed by atoms with Gasteiger partial charge in [0.25, 0.3) is 5.91 Å². The predicted molar refractivity (Wildman–Crippen MR) is 107 cm³/mol. The van der Waals surface area contributed by atoms with Crippen molar-refractivity contribution in [2.45, 2.75) is 6.54 Å². The maximum absolute atomic E-state index is 12.4. The molecule has 0 aliphatic carbocycles. The average molecular weight is 386 g/mol. The van der Waals surface area contributed by atoms with Gasteiger partial charge in [-0.3, -0.25) is 4.79 Å². The van der Waals surface area contributed by atoms with Gasteiger partial charge in [-0.15, -0.1) is 0 Å². The van der Waals surface area contributed by atoms with E-state index in [1.165, 1.54) is 5.56 Å². The highest BCUT2D eigenvalue weighted by atomic mass is 35.5. The standard InChI is InChI=1S/C20H17Cl2N3O/c1-25(13-14-6-3-2-4-7-14)15-10-11-18(23-12-15)20(26)24-17-9-5-8-16(21)19(17)22/h2-12H,13H2,1H3,(H,24,26). The highest BCUT2D eigenvalue weighted by Crippen LogP contribution is 2.29. The lowest BCUT2D eigenvalue weighted by Gasteiger charge is -2.19. The van der Waals surface area contributed by atoms with Crippen molar-refractivity contribution in [3.05, 3.63) is 88.2 Å². The summed E-state index contributed by atoms with van der Waals surface area (Å²) in [7, 11) is 1.98. The summed E-state index contributed by atoms with van der Waals surface area (Å²) < 4.78 is 0. The van der Waals surface area contributed by atoms with Gasteiger partial charge in [-0.05, 0) is 29.8 Å². The van der Waals surface area contributed by atoms with Crippen LogP contribution in [0.4, 0.5) is 11.4 Å². The summed E-state index contributed by atoms with van der Waals surface area (Å²) in [5.74, 6) is -0.341. The van der Waals surface area contributed by atoms with Gasteiger partial charge in [-0.1, -0.05) is 59.6 Å². The molecule has 3 rings (SSSR count). The van der Waals surface area contributed by atoms with E-state index in [1.807, 2.05) is 31.3 Å². The van der Waals surface area contributed by atoms with Crippen LogP contribution in [0.15, 0.2) is 66.9 Å². The minimum absolute atomic E-state index is 0.304. The summed E-state index contributed by atoms with van der Waals surface area (Å²) in [5, 5.41) is 3.42. The van der Waals surface area contributed by atoms with Crippen molar-refractivity contribution in [3.8, 4) is 0 Å². The Morgan fingerprint density at radius 2 is 1.81 bits per heavy atom. The van der Waals surface area contributed by atoms with E-state index < -0.39 is 0 Å². The van der Waals surface area contributed by atoms with Crippen LogP contribution in [-0.4, -0.2) is 17.9 Å². The summed E-state index contributed by atoms with van der Waals surface area (Å²) in [6, 6.07) is 18.8. The molecule has 0 radical (unpaired) electrons. The van der Waals surface area contributed by atoms with E-state index in [0.717, 1.165) is 12.2 Å². The van der Waals surface area contributed by atoms with Crippen molar-refractivity contribution in [2.75, 3.05) is 17.3 Å². The lowest BCUT2D eigenvalue weighted by Crippen LogP contribution is -2.18. The number of amides is 1. The SMILES string of the molecule is CN(Cc1ccccc1)c1ccc(C(=O)Nc2cccc(Cl)c2Cl)nc1. The number of carbonyl (C=O) groups excluding carboxylic acids is 1. The van der Waals surface area contributed by atoms with Crippen molar-refractivity contribution < 1.29 is 4.79 Å². The van der Waals surface area contributed by atoms with Crippen molar-refractivity contribution in [2.24, 2.45) is 0 Å². The fraction of sp³-hybridized carbons (Fsp3) is 0.100. The zero-order valence-corrected chi connectivity index (χ0v) is 15.6. The maximum Gasteiger partial charge on any atom is 0.274 e. The Bertz CT molecular complexity index is 899. The topological polar surface area (TPSA) is 45.2 Å². The van der Waals surface area contributed by atoms with Crippen molar-refractivity contribution in [3.63, 3.8) is 0 Å². The number of pyridine rings is 1. The molecule has 0 atom stereocenters. The molecule has 0 unspecified atom stereocenters. The van der Waals surface area contributed by atoms with Crippen LogP contribution in [0.2, 0.25) is 10.0 Å². The number of hydrogen-bond donors (Lipinski definition) is 1. The minimum atomic E-state index is -0.341. The smallest absolute Gasteiger partial charge is 0.274 e. The molecule has 2 aromatic carbocycles. The van der Waals surface area contributed by atoms with Crippen LogP contribution in [0.25, 0.3) is 0 Å². The Hall–Kier alpha value is -2.56. The highest BCUT2D eigenvalue weighted by Gasteiger charge is 2.12. The summed E-state index contributed by atoms with van der Waals surface area (Å²) in [5.41, 5.74) is 2.88. The third-order valence-electron chi connectivity index (χ3n) is 3.88. The lowest BCUT2D eigenvalue weighted by atomic mass is 10.2. The second-order valence-electron chi connectivity index (χ2n) is 5.80. The molecule has 132 valence electrons. The van der Waals surface area contributed by atoms with E-state index in [4.69, 9.17) is 23.2 Å². The van der Waals surface area contributed by atoms with Gasteiger partial charge in [-0.25, -0.2) is 4.98 Å². The monoisotopic (exact) mass is 385 g/mol. The fourth-order valence-corrected chi connectivity index (χ4v) is 2.83. The third kappa shape index (κ3) is 4.34. The van der Waals surface area contributed by atoms with E-state index in [2.05, 4.69) is 27.3 Å². The molecule has 1 N–H and O–H groups in total. The van der Waals surface area contributed by atoms with Crippen molar-refractivity contribution >= 4 is 40.5 Å². The molecule has 0 spiro atoms. The van der Waals surface area contributed by atoms with Gasteiger partial charge in [0.05, 0.1) is 27.6 Å². The van der Waals surface area contributed by atoms with Crippen LogP contribution in [0.1, 0.15) is 16.1 Å². The molecule has 4 nitrogen and oxygen atoms in total. The number of nitrogens with one attached hydrogen (secondary N) is 1. The summed E-state index contributed by atoms with van der Waals surface area (Å²) in [6.45, 7) is 0.756. The van der Waals surface area contributed by atoms with Crippen LogP contribution in [-0.2, 0) is 6.54 Å². The van der Waals surface area contributed by atoms with Gasteiger partial charge in [-0.2, -0.15) is 0 Å². The first-order valence-corrected chi connectivity index (χ1v) is 8.76. The van der Waals surface area contributed by atoms with E-state index >= 15 is 0 Å². The Morgan fingerprint density at radius 1 is 1.04 bits per heavy atom. The first-order valence-electron chi connectivity index (χ1n) is 8.01. The van der Waals surface area contributed by atoms with Crippen LogP contribution in [0.3, 0.4) is 0 Å². The molecule has 26 heavy (non-hydrogen) atoms. The normalized spacial score (nSPS) is 10.4. The molecule has 3 aromatic rings. The molecule has 1 aromatic heterocycles. The third-order valence-corrected chi connectivity index (χ3v) is 4.70. The number of nitrogens with zero attached hydrogens (tertiary/aromatic N) is 2. The molecule has 0 saturated heterocycles. The van der Waals surface area contributed by atoms with Crippen molar-refractivity contribution in [1.82, 2.24) is 4.98 Å². The maximum atomic E-state index is 12.4. The Labute approximate surface area is 162 Å². The van der Waals surface area contributed by atoms with Gasteiger partial charge < -0.3 is 10.2 Å². The molecule has 1 amide bonds. The Morgan fingerprint density at radius 3 is 2.50 bits per heavy atom. The van der Waals surface area contributed by atoms with Gasteiger partial charge in [0.2, 0.25) is 0 Å². The number of carbonyl (C=O) groups is 1. The molecule has 0 fully saturated rings. The summed E-state index contributed by atoms with van der Waals surface area (Å²) >= 11 is 12.1. The number of hydrogen-bond acceptors (Lipinski definition) is 3. The largest absolute Gasteiger partial charge is 0.369 e. The molecule has 1 heterocycles. The molecule has 0 aliphatic heterocycles. The minimum Gasteiger partial charge on any atom is -0.369 e. The molecular formula is C20H17Cl2N3O. The molecule has 0 bridgehead atoms. The quantitative estimate of drug-likeness (QED) is 0.649. The molecule has 6 heteroatoms. The van der Waals surface area contributed by atoms with Crippen LogP contribution in [0.5, 0.6) is 0 Å².